The molecule has 0 aliphatic heterocycles. The molecule has 1 aromatic rings. The van der Waals surface area contributed by atoms with Crippen molar-refractivity contribution in [2.45, 2.75) is 71.5 Å². The standard InChI is InChI=1S/C17H30N4/c1-13-7-6-8-15(9-13)21(5)16-18-10-14(11-19-16)12-20-17(2,3)4/h10-11,13,15,20H,6-9,12H2,1-5H3. The number of hydrogen-bond acceptors (Lipinski definition) is 4. The first-order valence-corrected chi connectivity index (χ1v) is 8.14. The summed E-state index contributed by atoms with van der Waals surface area (Å²) < 4.78 is 0. The van der Waals surface area contributed by atoms with E-state index in [4.69, 9.17) is 0 Å². The van der Waals surface area contributed by atoms with Gasteiger partial charge in [-0.15, -0.1) is 0 Å². The molecular weight excluding hydrogens is 260 g/mol. The van der Waals surface area contributed by atoms with Gasteiger partial charge in [0.25, 0.3) is 0 Å². The lowest BCUT2D eigenvalue weighted by atomic mass is 9.86. The third-order valence-electron chi connectivity index (χ3n) is 4.29. The Kier molecular flexibility index (Phi) is 5.20. The third kappa shape index (κ3) is 4.95. The van der Waals surface area contributed by atoms with Crippen LogP contribution in [0.25, 0.3) is 0 Å². The van der Waals surface area contributed by atoms with Crippen molar-refractivity contribution in [1.82, 2.24) is 15.3 Å². The zero-order chi connectivity index (χ0) is 15.5. The Bertz CT molecular complexity index is 435. The van der Waals surface area contributed by atoms with Crippen molar-refractivity contribution in [3.8, 4) is 0 Å². The van der Waals surface area contributed by atoms with Gasteiger partial charge in [0.1, 0.15) is 0 Å². The average molecular weight is 290 g/mol. The van der Waals surface area contributed by atoms with Crippen molar-refractivity contribution in [1.29, 1.82) is 0 Å². The van der Waals surface area contributed by atoms with E-state index in [9.17, 15) is 0 Å². The SMILES string of the molecule is CC1CCCC(N(C)c2ncc(CNC(C)(C)C)cn2)C1. The van der Waals surface area contributed by atoms with Gasteiger partial charge in [0.15, 0.2) is 0 Å². The second-order valence-corrected chi connectivity index (χ2v) is 7.53. The Labute approximate surface area is 129 Å². The van der Waals surface area contributed by atoms with E-state index in [1.807, 2.05) is 12.4 Å². The number of aromatic nitrogens is 2. The number of nitrogens with zero attached hydrogens (tertiary/aromatic N) is 3. The summed E-state index contributed by atoms with van der Waals surface area (Å²) in [5.74, 6) is 1.68. The first-order valence-electron chi connectivity index (χ1n) is 8.14. The van der Waals surface area contributed by atoms with Crippen LogP contribution in [0.3, 0.4) is 0 Å². The van der Waals surface area contributed by atoms with Crippen LogP contribution in [-0.4, -0.2) is 28.6 Å². The molecule has 0 radical (unpaired) electrons. The second kappa shape index (κ2) is 6.73. The minimum absolute atomic E-state index is 0.119. The van der Waals surface area contributed by atoms with Gasteiger partial charge < -0.3 is 10.2 Å². The maximum atomic E-state index is 4.55. The van der Waals surface area contributed by atoms with Crippen LogP contribution in [-0.2, 0) is 6.54 Å². The zero-order valence-corrected chi connectivity index (χ0v) is 14.2. The molecule has 2 unspecified atom stereocenters. The van der Waals surface area contributed by atoms with Crippen molar-refractivity contribution in [2.75, 3.05) is 11.9 Å². The summed E-state index contributed by atoms with van der Waals surface area (Å²) in [4.78, 5) is 11.4. The molecule has 1 aromatic heterocycles. The molecule has 1 N–H and O–H groups in total. The average Bonchev–Trinajstić information content (AvgIpc) is 2.44. The summed E-state index contributed by atoms with van der Waals surface area (Å²) in [6.45, 7) is 9.66. The topological polar surface area (TPSA) is 41.1 Å². The Morgan fingerprint density at radius 3 is 2.48 bits per heavy atom. The van der Waals surface area contributed by atoms with Crippen LogP contribution in [0.2, 0.25) is 0 Å². The van der Waals surface area contributed by atoms with Crippen LogP contribution >= 0.6 is 0 Å². The van der Waals surface area contributed by atoms with Gasteiger partial charge in [-0.05, 0) is 39.5 Å². The van der Waals surface area contributed by atoms with Crippen molar-refractivity contribution in [2.24, 2.45) is 5.92 Å². The van der Waals surface area contributed by atoms with Gasteiger partial charge in [0, 0.05) is 43.1 Å². The molecule has 1 heterocycles. The predicted molar refractivity (Wildman–Crippen MR) is 88.4 cm³/mol. The molecule has 1 saturated carbocycles. The van der Waals surface area contributed by atoms with E-state index >= 15 is 0 Å². The first kappa shape index (κ1) is 16.2. The molecule has 0 bridgehead atoms. The van der Waals surface area contributed by atoms with E-state index in [0.717, 1.165) is 24.0 Å². The summed E-state index contributed by atoms with van der Waals surface area (Å²) >= 11 is 0. The van der Waals surface area contributed by atoms with E-state index in [1.54, 1.807) is 0 Å². The van der Waals surface area contributed by atoms with E-state index in [1.165, 1.54) is 25.7 Å². The van der Waals surface area contributed by atoms with Gasteiger partial charge in [0.2, 0.25) is 5.95 Å². The maximum absolute atomic E-state index is 4.55. The van der Waals surface area contributed by atoms with Crippen LogP contribution in [0.1, 0.15) is 58.9 Å². The van der Waals surface area contributed by atoms with Gasteiger partial charge in [-0.3, -0.25) is 0 Å². The number of nitrogens with one attached hydrogen (secondary N) is 1. The molecule has 0 amide bonds. The minimum atomic E-state index is 0.119. The maximum Gasteiger partial charge on any atom is 0.225 e. The molecule has 2 atom stereocenters. The molecular formula is C17H30N4. The van der Waals surface area contributed by atoms with Gasteiger partial charge in [-0.2, -0.15) is 0 Å². The Balaban J connectivity index is 1.94. The first-order chi connectivity index (χ1) is 9.85. The van der Waals surface area contributed by atoms with Gasteiger partial charge in [0.05, 0.1) is 0 Å². The fourth-order valence-corrected chi connectivity index (χ4v) is 2.91. The van der Waals surface area contributed by atoms with Crippen LogP contribution in [0.15, 0.2) is 12.4 Å². The fourth-order valence-electron chi connectivity index (χ4n) is 2.91. The molecule has 118 valence electrons. The van der Waals surface area contributed by atoms with E-state index in [-0.39, 0.29) is 5.54 Å². The molecule has 4 nitrogen and oxygen atoms in total. The lowest BCUT2D eigenvalue weighted by Crippen LogP contribution is -2.37. The molecule has 0 spiro atoms. The summed E-state index contributed by atoms with van der Waals surface area (Å²) in [5.41, 5.74) is 1.26. The fraction of sp³-hybridized carbons (Fsp3) is 0.765. The molecule has 2 rings (SSSR count). The zero-order valence-electron chi connectivity index (χ0n) is 14.2. The molecule has 0 saturated heterocycles. The Morgan fingerprint density at radius 1 is 1.24 bits per heavy atom. The monoisotopic (exact) mass is 290 g/mol. The highest BCUT2D eigenvalue weighted by molar-refractivity contribution is 5.30. The quantitative estimate of drug-likeness (QED) is 0.923. The summed E-state index contributed by atoms with van der Waals surface area (Å²) in [7, 11) is 2.13. The van der Waals surface area contributed by atoms with Crippen LogP contribution < -0.4 is 10.2 Å². The van der Waals surface area contributed by atoms with Crippen molar-refractivity contribution >= 4 is 5.95 Å². The number of anilines is 1. The molecule has 21 heavy (non-hydrogen) atoms. The van der Waals surface area contributed by atoms with Crippen LogP contribution in [0.4, 0.5) is 5.95 Å². The van der Waals surface area contributed by atoms with Crippen molar-refractivity contribution < 1.29 is 0 Å². The molecule has 1 fully saturated rings. The van der Waals surface area contributed by atoms with Crippen molar-refractivity contribution in [3.05, 3.63) is 18.0 Å². The normalized spacial score (nSPS) is 23.1. The molecule has 1 aliphatic carbocycles. The summed E-state index contributed by atoms with van der Waals surface area (Å²) in [6, 6.07) is 0.590. The van der Waals surface area contributed by atoms with E-state index in [0.29, 0.717) is 6.04 Å². The van der Waals surface area contributed by atoms with E-state index < -0.39 is 0 Å². The largest absolute Gasteiger partial charge is 0.341 e. The smallest absolute Gasteiger partial charge is 0.225 e. The van der Waals surface area contributed by atoms with Crippen molar-refractivity contribution in [3.63, 3.8) is 0 Å². The predicted octanol–water partition coefficient (Wildman–Crippen LogP) is 3.38. The lowest BCUT2D eigenvalue weighted by molar-refractivity contribution is 0.334. The van der Waals surface area contributed by atoms with Gasteiger partial charge in [-0.25, -0.2) is 9.97 Å². The highest BCUT2D eigenvalue weighted by Crippen LogP contribution is 2.28. The van der Waals surface area contributed by atoms with Gasteiger partial charge >= 0.3 is 0 Å². The van der Waals surface area contributed by atoms with Crippen LogP contribution in [0.5, 0.6) is 0 Å². The number of rotatable bonds is 4. The Hall–Kier alpha value is -1.16. The number of hydrogen-bond donors (Lipinski definition) is 1. The second-order valence-electron chi connectivity index (χ2n) is 7.53. The summed E-state index contributed by atoms with van der Waals surface area (Å²) in [6.07, 6.45) is 9.10. The highest BCUT2D eigenvalue weighted by Gasteiger charge is 2.23. The molecule has 1 aliphatic rings. The van der Waals surface area contributed by atoms with Crippen LogP contribution in [0, 0.1) is 5.92 Å². The molecule has 0 aromatic carbocycles. The molecule has 4 heteroatoms. The third-order valence-corrected chi connectivity index (χ3v) is 4.29. The Morgan fingerprint density at radius 2 is 1.90 bits per heavy atom. The van der Waals surface area contributed by atoms with E-state index in [2.05, 4.69) is 54.9 Å². The lowest BCUT2D eigenvalue weighted by Gasteiger charge is -2.34. The minimum Gasteiger partial charge on any atom is -0.341 e. The summed E-state index contributed by atoms with van der Waals surface area (Å²) in [5, 5.41) is 3.46. The highest BCUT2D eigenvalue weighted by atomic mass is 15.2. The van der Waals surface area contributed by atoms with Gasteiger partial charge in [-0.1, -0.05) is 19.8 Å².